The Morgan fingerprint density at radius 3 is 2.08 bits per heavy atom. The predicted octanol–water partition coefficient (Wildman–Crippen LogP) is 8.90. The number of piperidine rings is 1. The number of benzene rings is 4. The van der Waals surface area contributed by atoms with Gasteiger partial charge in [0, 0.05) is 55.9 Å². The van der Waals surface area contributed by atoms with E-state index in [-0.39, 0.29) is 61.1 Å². The number of rotatable bonds is 21. The van der Waals surface area contributed by atoms with Crippen molar-refractivity contribution >= 4 is 40.1 Å². The monoisotopic (exact) mass is 1040 g/mol. The molecule has 2 N–H and O–H groups in total. The van der Waals surface area contributed by atoms with Crippen LogP contribution in [-0.4, -0.2) is 107 Å². The van der Waals surface area contributed by atoms with Gasteiger partial charge in [-0.05, 0) is 116 Å². The summed E-state index contributed by atoms with van der Waals surface area (Å²) in [6.07, 6.45) is -0.401. The number of carbonyl (C=O) groups excluding carboxylic acids is 1. The van der Waals surface area contributed by atoms with E-state index in [2.05, 4.69) is 30.4 Å². The molecule has 0 radical (unpaired) electrons. The molecule has 1 saturated heterocycles. The fraction of sp³-hybridized carbons (Fsp3) is 0.480. The second kappa shape index (κ2) is 23.3. The molecule has 1 amide bonds. The summed E-state index contributed by atoms with van der Waals surface area (Å²) in [7, 11) is -10.7. The molecule has 0 spiro atoms. The lowest BCUT2D eigenvalue weighted by Crippen LogP contribution is -2.51. The number of amides is 1. The Hall–Kier alpha value is -5.87. The van der Waals surface area contributed by atoms with Crippen molar-refractivity contribution in [3.8, 4) is 17.1 Å². The average molecular weight is 1040 g/mol. The highest BCUT2D eigenvalue weighted by molar-refractivity contribution is 7.92. The predicted molar refractivity (Wildman–Crippen MR) is 280 cm³/mol. The van der Waals surface area contributed by atoms with Crippen LogP contribution in [0.15, 0.2) is 112 Å². The number of hydrogen-bond donors (Lipinski definition) is 2. The van der Waals surface area contributed by atoms with Crippen LogP contribution in [0, 0.1) is 5.92 Å². The van der Waals surface area contributed by atoms with Gasteiger partial charge in [0.1, 0.15) is 21.1 Å². The van der Waals surface area contributed by atoms with Gasteiger partial charge in [-0.25, -0.2) is 26.4 Å². The van der Waals surface area contributed by atoms with Crippen molar-refractivity contribution in [3.63, 3.8) is 0 Å². The van der Waals surface area contributed by atoms with E-state index >= 15 is 16.8 Å². The zero-order valence-electron chi connectivity index (χ0n) is 42.9. The van der Waals surface area contributed by atoms with Gasteiger partial charge in [-0.2, -0.15) is 9.10 Å². The molecule has 5 aromatic rings. The lowest BCUT2D eigenvalue weighted by Gasteiger charge is -2.40. The molecular weight excluding hydrogens is 975 g/mol. The second-order valence-corrected chi connectivity index (χ2v) is 29.0. The molecule has 388 valence electrons. The summed E-state index contributed by atoms with van der Waals surface area (Å²) in [5.74, 6) is 0.601. The van der Waals surface area contributed by atoms with E-state index in [1.165, 1.54) is 15.2 Å². The van der Waals surface area contributed by atoms with Gasteiger partial charge >= 0.3 is 6.09 Å². The maximum atomic E-state index is 16.2. The van der Waals surface area contributed by atoms with Crippen molar-refractivity contribution in [2.75, 3.05) is 38.2 Å². The number of anilines is 1. The molecule has 1 fully saturated rings. The molecular formula is C50H69N11O8S2Si. The lowest BCUT2D eigenvalue weighted by atomic mass is 9.90. The highest BCUT2D eigenvalue weighted by Crippen LogP contribution is 2.43. The molecule has 2 unspecified atom stereocenters. The smallest absolute Gasteiger partial charge is 0.407 e. The fourth-order valence-corrected chi connectivity index (χ4v) is 13.0. The van der Waals surface area contributed by atoms with Crippen molar-refractivity contribution in [2.45, 2.75) is 127 Å². The number of sulfonamides is 2. The Morgan fingerprint density at radius 1 is 0.903 bits per heavy atom. The Bertz CT molecular complexity index is 2850. The van der Waals surface area contributed by atoms with Gasteiger partial charge in [-0.1, -0.05) is 98.7 Å². The molecule has 1 aliphatic rings. The van der Waals surface area contributed by atoms with E-state index < -0.39 is 56.0 Å². The highest BCUT2D eigenvalue weighted by atomic mass is 32.2. The maximum absolute atomic E-state index is 16.2. The van der Waals surface area contributed by atoms with Gasteiger partial charge in [0.15, 0.2) is 8.32 Å². The molecule has 6 rings (SSSR count). The van der Waals surface area contributed by atoms with Crippen molar-refractivity contribution in [3.05, 3.63) is 124 Å². The van der Waals surface area contributed by atoms with Gasteiger partial charge in [0.2, 0.25) is 25.9 Å². The fourth-order valence-electron chi connectivity index (χ4n) is 8.20. The molecule has 0 saturated carbocycles. The summed E-state index contributed by atoms with van der Waals surface area (Å²) in [6.45, 7) is 17.5. The number of tetrazole rings is 1. The van der Waals surface area contributed by atoms with E-state index in [4.69, 9.17) is 24.5 Å². The second-order valence-electron chi connectivity index (χ2n) is 20.6. The number of nitrogens with one attached hydrogen (secondary N) is 2. The first-order valence-electron chi connectivity index (χ1n) is 24.0. The van der Waals surface area contributed by atoms with Crippen LogP contribution in [0.2, 0.25) is 18.1 Å². The summed E-state index contributed by atoms with van der Waals surface area (Å²) in [5, 5.41) is 20.0. The SMILES string of the molecule is COc1ccc(Cn2nnc(-c3c(N4CCC(CN=[N+]=[N-])CC4C)ccc(S(=O)(=O)NC[C@@H](CNC(=O)OC(C)(C)C)O[Si](C)(C)C(C)(C)C)c3S(=O)(=O)N(Cc3ccccc3)Cc3ccccc3)n2)cc1. The quantitative estimate of drug-likeness (QED) is 0.0303. The van der Waals surface area contributed by atoms with Crippen LogP contribution in [0.4, 0.5) is 10.5 Å². The molecule has 19 nitrogen and oxygen atoms in total. The normalized spacial score (nSPS) is 16.2. The third kappa shape index (κ3) is 14.4. The van der Waals surface area contributed by atoms with Crippen molar-refractivity contribution < 1.29 is 35.5 Å². The molecule has 0 bridgehead atoms. The Labute approximate surface area is 425 Å². The maximum Gasteiger partial charge on any atom is 0.407 e. The summed E-state index contributed by atoms with van der Waals surface area (Å²) >= 11 is 0. The Balaban J connectivity index is 1.56. The van der Waals surface area contributed by atoms with Gasteiger partial charge in [0.05, 0.1) is 25.3 Å². The van der Waals surface area contributed by atoms with Crippen LogP contribution in [0.25, 0.3) is 21.8 Å². The summed E-state index contributed by atoms with van der Waals surface area (Å²) in [6, 6.07) is 28.2. The number of azide groups is 1. The minimum atomic E-state index is -4.87. The zero-order valence-corrected chi connectivity index (χ0v) is 45.6. The Kier molecular flexibility index (Phi) is 18.0. The van der Waals surface area contributed by atoms with Crippen LogP contribution in [-0.2, 0) is 48.8 Å². The molecule has 72 heavy (non-hydrogen) atoms. The van der Waals surface area contributed by atoms with Crippen molar-refractivity contribution in [1.29, 1.82) is 0 Å². The standard InChI is InChI=1S/C50H69N11O8S2Si/c1-36-29-40(30-53-57-51)27-28-60(36)43-25-26-44(70(63,64)54-32-42(69-72(9,10)50(5,6)7)31-52-48(62)68-49(2,3)4)46(45(43)47-55-58-61(56-47)35-39-21-23-41(67-8)24-22-39)71(65,66)59(33-37-17-13-11-14-18-37)34-38-19-15-12-16-20-38/h11-26,36,40,42,54H,27-35H2,1-10H3,(H,52,62)/t36?,40?,42-/m1/s1. The van der Waals surface area contributed by atoms with Crippen molar-refractivity contribution in [2.24, 2.45) is 11.0 Å². The first-order valence-corrected chi connectivity index (χ1v) is 29.8. The summed E-state index contributed by atoms with van der Waals surface area (Å²) < 4.78 is 84.6. The minimum absolute atomic E-state index is 0.0500. The summed E-state index contributed by atoms with van der Waals surface area (Å²) in [5.41, 5.74) is 10.8. The van der Waals surface area contributed by atoms with Gasteiger partial charge in [-0.15, -0.1) is 10.2 Å². The third-order valence-corrected chi connectivity index (χ3v) is 20.9. The van der Waals surface area contributed by atoms with E-state index in [0.29, 0.717) is 48.5 Å². The van der Waals surface area contributed by atoms with Crippen LogP contribution in [0.1, 0.15) is 78.0 Å². The average Bonchev–Trinajstić information content (AvgIpc) is 3.79. The zero-order chi connectivity index (χ0) is 52.5. The van der Waals surface area contributed by atoms with Gasteiger partial charge in [-0.3, -0.25) is 0 Å². The van der Waals surface area contributed by atoms with E-state index in [0.717, 1.165) is 5.56 Å². The highest BCUT2D eigenvalue weighted by Gasteiger charge is 2.42. The van der Waals surface area contributed by atoms with Crippen molar-refractivity contribution in [1.82, 2.24) is 34.6 Å². The summed E-state index contributed by atoms with van der Waals surface area (Å²) in [4.78, 5) is 18.2. The number of nitrogens with zero attached hydrogens (tertiary/aromatic N) is 9. The number of carbonyl (C=O) groups is 1. The molecule has 4 aromatic carbocycles. The lowest BCUT2D eigenvalue weighted by molar-refractivity contribution is 0.0498. The number of alkyl carbamates (subject to hydrolysis) is 1. The minimum Gasteiger partial charge on any atom is -0.497 e. The number of aromatic nitrogens is 4. The van der Waals surface area contributed by atoms with Crippen LogP contribution >= 0.6 is 0 Å². The largest absolute Gasteiger partial charge is 0.497 e. The number of ether oxygens (including phenoxy) is 2. The molecule has 2 heterocycles. The molecule has 1 aromatic heterocycles. The van der Waals surface area contributed by atoms with E-state index in [1.54, 1.807) is 46.1 Å². The van der Waals surface area contributed by atoms with Crippen LogP contribution in [0.3, 0.4) is 0 Å². The number of methoxy groups -OCH3 is 1. The molecule has 1 aliphatic heterocycles. The van der Waals surface area contributed by atoms with Gasteiger partial charge < -0.3 is 24.1 Å². The van der Waals surface area contributed by atoms with Crippen LogP contribution < -0.4 is 19.7 Å². The first kappa shape index (κ1) is 55.4. The van der Waals surface area contributed by atoms with Gasteiger partial charge in [0.25, 0.3) is 0 Å². The van der Waals surface area contributed by atoms with Crippen LogP contribution in [0.5, 0.6) is 5.75 Å². The number of hydrogen-bond acceptors (Lipinski definition) is 13. The first-order chi connectivity index (χ1) is 33.9. The van der Waals surface area contributed by atoms with E-state index in [9.17, 15) is 4.79 Å². The molecule has 22 heteroatoms. The molecule has 3 atom stereocenters. The molecule has 0 aliphatic carbocycles. The topological polar surface area (TPSA) is 236 Å². The van der Waals surface area contributed by atoms with E-state index in [1.807, 2.05) is 118 Å². The third-order valence-electron chi connectivity index (χ3n) is 12.9. The Morgan fingerprint density at radius 2 is 1.53 bits per heavy atom.